The highest BCUT2D eigenvalue weighted by molar-refractivity contribution is 7.92. The summed E-state index contributed by atoms with van der Waals surface area (Å²) in [6.45, 7) is 11.3. The molecule has 2 aromatic carbocycles. The normalized spacial score (nSPS) is 16.7. The van der Waals surface area contributed by atoms with Gasteiger partial charge in [-0.25, -0.2) is 8.42 Å². The molecule has 0 saturated carbocycles. The van der Waals surface area contributed by atoms with E-state index in [1.165, 1.54) is 0 Å². The lowest BCUT2D eigenvalue weighted by atomic mass is 9.94. The molecule has 2 aliphatic heterocycles. The van der Waals surface area contributed by atoms with Crippen molar-refractivity contribution < 1.29 is 22.7 Å². The zero-order valence-electron chi connectivity index (χ0n) is 26.7. The minimum Gasteiger partial charge on any atom is -0.383 e. The second-order valence-corrected chi connectivity index (χ2v) is 14.4. The average molecular weight is 684 g/mol. The Hall–Kier alpha value is -2.37. The van der Waals surface area contributed by atoms with Gasteiger partial charge in [0, 0.05) is 62.0 Å². The maximum Gasteiger partial charge on any atom is 0.230 e. The number of ether oxygens (including phenoxy) is 1. The smallest absolute Gasteiger partial charge is 0.230 e. The number of rotatable bonds is 13. The van der Waals surface area contributed by atoms with Gasteiger partial charge in [-0.05, 0) is 108 Å². The molecule has 12 heteroatoms. The molecule has 2 amide bonds. The first-order valence-electron chi connectivity index (χ1n) is 15.8. The van der Waals surface area contributed by atoms with Crippen LogP contribution in [0.1, 0.15) is 51.5 Å². The lowest BCUT2D eigenvalue weighted by Crippen LogP contribution is -2.45. The molecule has 2 aliphatic rings. The minimum atomic E-state index is -3.41. The zero-order valence-corrected chi connectivity index (χ0v) is 29.1. The average Bonchev–Trinajstić information content (AvgIpc) is 3.03. The Bertz CT molecular complexity index is 1360. The molecule has 0 aromatic heterocycles. The van der Waals surface area contributed by atoms with Crippen LogP contribution in [0.3, 0.4) is 0 Å². The maximum absolute atomic E-state index is 13.7. The summed E-state index contributed by atoms with van der Waals surface area (Å²) in [5.74, 6) is -0.00563. The Morgan fingerprint density at radius 1 is 1.02 bits per heavy atom. The van der Waals surface area contributed by atoms with Crippen LogP contribution in [0.2, 0.25) is 5.02 Å². The Morgan fingerprint density at radius 2 is 1.69 bits per heavy atom. The Balaban J connectivity index is 0.00000552. The quantitative estimate of drug-likeness (QED) is 0.281. The first-order valence-corrected chi connectivity index (χ1v) is 17.7. The van der Waals surface area contributed by atoms with Gasteiger partial charge in [0.05, 0.1) is 16.8 Å². The van der Waals surface area contributed by atoms with E-state index in [1.807, 2.05) is 49.1 Å². The number of halogens is 2. The molecule has 2 aromatic rings. The summed E-state index contributed by atoms with van der Waals surface area (Å²) in [5.41, 5.74) is 2.63. The van der Waals surface area contributed by atoms with E-state index in [-0.39, 0.29) is 30.1 Å². The standard InChI is InChI=1S/C33H47ClN4O5S.ClH/c1-4-43-23-16-35-28-7-10-30(11-8-28)44(41,42)31-14-19-36(20-15-31)17-5-18-38(29-9-6-25(2)32(34)24-29)33(40)27-12-21-37(22-13-27)26(3)39;/h6-11,24,27,31,35H,4-5,12-23H2,1-3H3;1H. The monoisotopic (exact) mass is 682 g/mol. The van der Waals surface area contributed by atoms with Gasteiger partial charge in [-0.2, -0.15) is 0 Å². The highest BCUT2D eigenvalue weighted by atomic mass is 35.5. The molecule has 9 nitrogen and oxygen atoms in total. The third-order valence-corrected chi connectivity index (χ3v) is 11.5. The molecule has 0 aliphatic carbocycles. The van der Waals surface area contributed by atoms with Gasteiger partial charge in [0.15, 0.2) is 9.84 Å². The Kier molecular flexibility index (Phi) is 14.4. The SMILES string of the molecule is CCOCCNc1ccc(S(=O)(=O)C2CCN(CCCN(C(=O)C3CCN(C(C)=O)CC3)c3ccc(C)c(Cl)c3)CC2)cc1.Cl. The molecular formula is C33H48Cl2N4O5S. The van der Waals surface area contributed by atoms with Crippen LogP contribution in [0.25, 0.3) is 0 Å². The van der Waals surface area contributed by atoms with Crippen molar-refractivity contribution in [2.24, 2.45) is 5.92 Å². The van der Waals surface area contributed by atoms with Crippen LogP contribution in [0.4, 0.5) is 11.4 Å². The van der Waals surface area contributed by atoms with Crippen molar-refractivity contribution in [1.29, 1.82) is 0 Å². The van der Waals surface area contributed by atoms with Crippen molar-refractivity contribution in [3.8, 4) is 0 Å². The number of hydrogen-bond acceptors (Lipinski definition) is 7. The number of carbonyl (C=O) groups is 2. The second-order valence-electron chi connectivity index (χ2n) is 11.8. The van der Waals surface area contributed by atoms with Gasteiger partial charge in [-0.1, -0.05) is 17.7 Å². The first kappa shape index (κ1) is 37.1. The number of benzene rings is 2. The van der Waals surface area contributed by atoms with Crippen LogP contribution >= 0.6 is 24.0 Å². The first-order chi connectivity index (χ1) is 21.1. The van der Waals surface area contributed by atoms with Crippen molar-refractivity contribution in [3.63, 3.8) is 0 Å². The summed E-state index contributed by atoms with van der Waals surface area (Å²) in [7, 11) is -3.41. The lowest BCUT2D eigenvalue weighted by Gasteiger charge is -2.35. The third kappa shape index (κ3) is 10.1. The van der Waals surface area contributed by atoms with Crippen molar-refractivity contribution in [1.82, 2.24) is 9.80 Å². The summed E-state index contributed by atoms with van der Waals surface area (Å²) in [6.07, 6.45) is 3.25. The van der Waals surface area contributed by atoms with Crippen LogP contribution in [0.5, 0.6) is 0 Å². The predicted octanol–water partition coefficient (Wildman–Crippen LogP) is 5.44. The minimum absolute atomic E-state index is 0. The molecule has 2 fully saturated rings. The summed E-state index contributed by atoms with van der Waals surface area (Å²) in [5, 5.41) is 3.47. The number of likely N-dealkylation sites (tertiary alicyclic amines) is 2. The fraction of sp³-hybridized carbons (Fsp3) is 0.576. The molecule has 0 atom stereocenters. The van der Waals surface area contributed by atoms with E-state index in [1.54, 1.807) is 24.0 Å². The van der Waals surface area contributed by atoms with Crippen molar-refractivity contribution in [2.45, 2.75) is 63.0 Å². The van der Waals surface area contributed by atoms with E-state index >= 15 is 0 Å². The van der Waals surface area contributed by atoms with Crippen LogP contribution in [-0.4, -0.2) is 94.3 Å². The molecule has 2 saturated heterocycles. The fourth-order valence-electron chi connectivity index (χ4n) is 6.04. The summed E-state index contributed by atoms with van der Waals surface area (Å²) in [6, 6.07) is 12.8. The largest absolute Gasteiger partial charge is 0.383 e. The second kappa shape index (κ2) is 17.5. The van der Waals surface area contributed by atoms with Crippen molar-refractivity contribution in [2.75, 3.05) is 69.2 Å². The zero-order chi connectivity index (χ0) is 31.7. The predicted molar refractivity (Wildman–Crippen MR) is 183 cm³/mol. The highest BCUT2D eigenvalue weighted by Crippen LogP contribution is 2.29. The maximum atomic E-state index is 13.7. The van der Waals surface area contributed by atoms with Crippen LogP contribution in [0, 0.1) is 12.8 Å². The summed E-state index contributed by atoms with van der Waals surface area (Å²) < 4.78 is 32.1. The lowest BCUT2D eigenvalue weighted by molar-refractivity contribution is -0.133. The number of piperidine rings is 2. The van der Waals surface area contributed by atoms with E-state index in [4.69, 9.17) is 16.3 Å². The number of sulfone groups is 1. The molecule has 1 N–H and O–H groups in total. The van der Waals surface area contributed by atoms with Crippen LogP contribution < -0.4 is 10.2 Å². The Labute approximate surface area is 279 Å². The van der Waals surface area contributed by atoms with Gasteiger partial charge < -0.3 is 24.8 Å². The number of nitrogens with zero attached hydrogens (tertiary/aromatic N) is 3. The van der Waals surface area contributed by atoms with Gasteiger partial charge in [0.1, 0.15) is 0 Å². The number of hydrogen-bond donors (Lipinski definition) is 1. The number of anilines is 2. The van der Waals surface area contributed by atoms with E-state index in [0.29, 0.717) is 88.1 Å². The molecule has 0 spiro atoms. The topological polar surface area (TPSA) is 99.3 Å². The van der Waals surface area contributed by atoms with Gasteiger partial charge in [-0.3, -0.25) is 9.59 Å². The highest BCUT2D eigenvalue weighted by Gasteiger charge is 2.32. The molecule has 0 radical (unpaired) electrons. The van der Waals surface area contributed by atoms with Gasteiger partial charge in [0.2, 0.25) is 11.8 Å². The Morgan fingerprint density at radius 3 is 2.29 bits per heavy atom. The molecule has 2 heterocycles. The molecule has 45 heavy (non-hydrogen) atoms. The number of aryl methyl sites for hydroxylation is 1. The van der Waals surface area contributed by atoms with E-state index in [0.717, 1.165) is 29.9 Å². The third-order valence-electron chi connectivity index (χ3n) is 8.81. The summed E-state index contributed by atoms with van der Waals surface area (Å²) >= 11 is 6.44. The van der Waals surface area contributed by atoms with Crippen molar-refractivity contribution in [3.05, 3.63) is 53.1 Å². The molecule has 0 unspecified atom stereocenters. The molecule has 0 bridgehead atoms. The van der Waals surface area contributed by atoms with Gasteiger partial charge >= 0.3 is 0 Å². The molecule has 250 valence electrons. The van der Waals surface area contributed by atoms with E-state index in [9.17, 15) is 18.0 Å². The fourth-order valence-corrected chi connectivity index (χ4v) is 7.95. The van der Waals surface area contributed by atoms with Crippen LogP contribution in [0.15, 0.2) is 47.4 Å². The molecule has 4 rings (SSSR count). The number of amides is 2. The van der Waals surface area contributed by atoms with Crippen LogP contribution in [-0.2, 0) is 24.2 Å². The molecular weight excluding hydrogens is 635 g/mol. The number of nitrogens with one attached hydrogen (secondary N) is 1. The van der Waals surface area contributed by atoms with Gasteiger partial charge in [-0.15, -0.1) is 12.4 Å². The number of carbonyl (C=O) groups excluding carboxylic acids is 2. The van der Waals surface area contributed by atoms with E-state index in [2.05, 4.69) is 10.2 Å². The summed E-state index contributed by atoms with van der Waals surface area (Å²) in [4.78, 5) is 31.8. The van der Waals surface area contributed by atoms with Gasteiger partial charge in [0.25, 0.3) is 0 Å². The van der Waals surface area contributed by atoms with Crippen molar-refractivity contribution >= 4 is 57.0 Å². The van der Waals surface area contributed by atoms with E-state index < -0.39 is 15.1 Å².